The molecule has 736 valence electrons. The lowest BCUT2D eigenvalue weighted by molar-refractivity contribution is -0.123. The number of aryl methyl sites for hydroxylation is 9. The lowest BCUT2D eigenvalue weighted by Crippen LogP contribution is -2.14. The molecular weight excluding hydrogens is 1850 g/mol. The summed E-state index contributed by atoms with van der Waals surface area (Å²) in [4.78, 5) is 46.9. The van der Waals surface area contributed by atoms with E-state index in [1.54, 1.807) is 11.6 Å². The average molecular weight is 2000 g/mol. The number of Topliss-reactive ketones (excluding diaryl/α,β-unsaturated/α-hetero) is 4. The van der Waals surface area contributed by atoms with Gasteiger partial charge in [0.1, 0.15) is 17.3 Å². The van der Waals surface area contributed by atoms with Crippen molar-refractivity contribution in [1.29, 1.82) is 0 Å². The molecule has 0 saturated heterocycles. The third-order valence-electron chi connectivity index (χ3n) is 24.1. The van der Waals surface area contributed by atoms with Gasteiger partial charge in [-0.25, -0.2) is 4.39 Å². The van der Waals surface area contributed by atoms with Crippen molar-refractivity contribution in [2.24, 2.45) is 55.3 Å². The molecule has 18 nitrogen and oxygen atoms in total. The van der Waals surface area contributed by atoms with E-state index in [2.05, 4.69) is 232 Å². The van der Waals surface area contributed by atoms with Gasteiger partial charge in [0.2, 0.25) is 0 Å². The molecule has 1 atom stereocenters. The highest BCUT2D eigenvalue weighted by Crippen LogP contribution is 2.44. The molecule has 7 aromatic carbocycles. The van der Waals surface area contributed by atoms with E-state index in [1.807, 2.05) is 160 Å². The molecule has 0 aliphatic carbocycles. The standard InChI is InChI=1S/C17H23ClN2O.C16H20ClFN2O.C16H21ClN2O.C16H21ClN2.C15H19ClN2O.2C15H21ClN2/c1-10(2)14(21)9-13-15-12(18)8-7-11(17(3,4)5)16(15)20(6)19-13;1-9(18)13(21)8-12-14-11(17)7-6-10(16(2,3)4)15(14)20(5)19-12;1-6-10(20)9-13-14-12(17)8-7-11(16(2,3)4)15(14)19(5)18-13;1-10(2)9-13-14-12(17)8-7-11(16(3,4)5)15(14)19(6)18-13;1-9(19)8-12-13-11(16)7-6-10(15(2,3)4)14(13)18(5)17-12;2*1-6-7-12-13-11(16)9-8-10(15(2,3)4)14(13)18(5)17-12/h7-8,10H,9H2,1-6H3;6-7,9H,8H2,1-5H3;7-8H,6,9H2,1-5H3;7-8H,1,9H2,2-6H3;6-7H,8H2,1-5H3;2*8-9H,6-7H2,1-5H3. The number of carbonyl (C=O) groups excluding carboxylic acids is 4. The number of nitrogens with zero attached hydrogens (tertiary/aromatic N) is 14. The minimum atomic E-state index is -1.49. The average Bonchev–Trinajstić information content (AvgIpc) is 1.62. The van der Waals surface area contributed by atoms with Crippen LogP contribution in [0.5, 0.6) is 0 Å². The van der Waals surface area contributed by atoms with E-state index in [-0.39, 0.29) is 67.6 Å². The van der Waals surface area contributed by atoms with E-state index >= 15 is 0 Å². The second-order valence-electron chi connectivity index (χ2n) is 43.6. The molecule has 0 N–H and O–H groups in total. The van der Waals surface area contributed by atoms with Crippen LogP contribution in [0.15, 0.2) is 97.1 Å². The smallest absolute Gasteiger partial charge is 0.172 e. The van der Waals surface area contributed by atoms with E-state index in [4.69, 9.17) is 81.2 Å². The predicted molar refractivity (Wildman–Crippen MR) is 574 cm³/mol. The first-order chi connectivity index (χ1) is 62.6. The Morgan fingerprint density at radius 1 is 0.301 bits per heavy atom. The maximum atomic E-state index is 13.1. The lowest BCUT2D eigenvalue weighted by atomic mass is 9.85. The van der Waals surface area contributed by atoms with Gasteiger partial charge in [-0.1, -0.05) is 329 Å². The van der Waals surface area contributed by atoms with E-state index < -0.39 is 12.0 Å². The Kier molecular flexibility index (Phi) is 36.7. The lowest BCUT2D eigenvalue weighted by Gasteiger charge is -2.21. The Balaban J connectivity index is 0.000000195. The second kappa shape index (κ2) is 44.4. The highest BCUT2D eigenvalue weighted by molar-refractivity contribution is 6.39. The number of benzene rings is 7. The topological polar surface area (TPSA) is 193 Å². The zero-order chi connectivity index (χ0) is 103. The van der Waals surface area contributed by atoms with Crippen molar-refractivity contribution in [3.8, 4) is 0 Å². The molecule has 0 aliphatic rings. The van der Waals surface area contributed by atoms with Crippen LogP contribution < -0.4 is 0 Å². The van der Waals surface area contributed by atoms with Gasteiger partial charge in [0.15, 0.2) is 12.0 Å². The van der Waals surface area contributed by atoms with Gasteiger partial charge in [-0.2, -0.15) is 35.7 Å². The van der Waals surface area contributed by atoms with Gasteiger partial charge in [0.25, 0.3) is 0 Å². The Hall–Kier alpha value is -8.79. The summed E-state index contributed by atoms with van der Waals surface area (Å²) in [5.74, 6) is -0.00876. The third-order valence-corrected chi connectivity index (χ3v) is 26.3. The monoisotopic (exact) mass is 1990 g/mol. The largest absolute Gasteiger partial charge is 0.300 e. The van der Waals surface area contributed by atoms with Crippen molar-refractivity contribution in [3.63, 3.8) is 0 Å². The number of hydrogen-bond acceptors (Lipinski definition) is 11. The SMILES string of the molecule is C=C(C)Cc1nn(C)c2c(C(C)(C)C)ccc(Cl)c12.CC(=O)Cc1nn(C)c2c(C(C)(C)C)ccc(Cl)c12.CC(C)C(=O)Cc1nn(C)c2c(C(C)(C)C)ccc(Cl)c12.CC(F)C(=O)Cc1nn(C)c2c(C(C)(C)C)ccc(Cl)c12.CCC(=O)Cc1nn(C)c2c(C(C)(C)C)ccc(Cl)c12.CCCc1nn(C)c2c(C(C)(C)C)ccc(Cl)c12.CCCc1nn(C)c2c(C(C)(C)C)ccc(Cl)c12. The first-order valence-electron chi connectivity index (χ1n) is 47.0. The van der Waals surface area contributed by atoms with Crippen LogP contribution >= 0.6 is 81.2 Å². The summed E-state index contributed by atoms with van der Waals surface area (Å²) in [7, 11) is 13.5. The summed E-state index contributed by atoms with van der Waals surface area (Å²) >= 11 is 44.5. The van der Waals surface area contributed by atoms with Gasteiger partial charge in [-0.3, -0.25) is 52.0 Å². The van der Waals surface area contributed by atoms with E-state index in [0.717, 1.165) is 158 Å². The minimum Gasteiger partial charge on any atom is -0.300 e. The third kappa shape index (κ3) is 26.1. The summed E-state index contributed by atoms with van der Waals surface area (Å²) < 4.78 is 26.3. The van der Waals surface area contributed by atoms with Crippen LogP contribution in [-0.4, -0.2) is 97.8 Å². The number of alkyl halides is 1. The molecule has 14 aromatic rings. The summed E-state index contributed by atoms with van der Waals surface area (Å²) in [6.45, 7) is 64.6. The molecule has 7 heterocycles. The number of fused-ring (bicyclic) bond motifs is 7. The summed E-state index contributed by atoms with van der Waals surface area (Å²) in [5.41, 5.74) is 23.4. The predicted octanol–water partition coefficient (Wildman–Crippen LogP) is 29.6. The Bertz CT molecular complexity index is 6430. The quantitative estimate of drug-likeness (QED) is 0.0788. The van der Waals surface area contributed by atoms with Crippen molar-refractivity contribution < 1.29 is 23.6 Å². The molecule has 0 bridgehead atoms. The molecule has 0 spiro atoms. The zero-order valence-electron chi connectivity index (χ0n) is 87.4. The van der Waals surface area contributed by atoms with Crippen molar-refractivity contribution >= 4 is 181 Å². The van der Waals surface area contributed by atoms with Crippen molar-refractivity contribution in [1.82, 2.24) is 68.5 Å². The zero-order valence-corrected chi connectivity index (χ0v) is 92.7. The Labute approximate surface area is 841 Å². The van der Waals surface area contributed by atoms with Crippen LogP contribution in [0.1, 0.15) is 299 Å². The molecule has 0 radical (unpaired) electrons. The summed E-state index contributed by atoms with van der Waals surface area (Å²) in [5, 5.41) is 43.6. The number of aromatic nitrogens is 14. The minimum absolute atomic E-state index is 0.00265. The van der Waals surface area contributed by atoms with Gasteiger partial charge >= 0.3 is 0 Å². The maximum absolute atomic E-state index is 13.1. The van der Waals surface area contributed by atoms with Crippen molar-refractivity contribution in [2.45, 2.75) is 309 Å². The highest BCUT2D eigenvalue weighted by Gasteiger charge is 2.32. The van der Waals surface area contributed by atoms with E-state index in [9.17, 15) is 23.6 Å². The van der Waals surface area contributed by atoms with Gasteiger partial charge < -0.3 is 0 Å². The molecule has 0 aliphatic heterocycles. The fourth-order valence-corrected chi connectivity index (χ4v) is 19.2. The molecular formula is C110H146Cl7FN14O4. The van der Waals surface area contributed by atoms with Crippen LogP contribution in [0.2, 0.25) is 35.2 Å². The number of halogens is 8. The van der Waals surface area contributed by atoms with Crippen LogP contribution in [-0.2, 0) is 151 Å². The van der Waals surface area contributed by atoms with Crippen molar-refractivity contribution in [3.05, 3.63) is 211 Å². The van der Waals surface area contributed by atoms with Gasteiger partial charge in [-0.05, 0) is 153 Å². The summed E-state index contributed by atoms with van der Waals surface area (Å²) in [6, 6.07) is 28.0. The molecule has 136 heavy (non-hydrogen) atoms. The van der Waals surface area contributed by atoms with Crippen LogP contribution in [0.3, 0.4) is 0 Å². The number of ketones is 4. The first-order valence-corrected chi connectivity index (χ1v) is 49.7. The number of rotatable bonds is 17. The molecule has 1 unspecified atom stereocenters. The second-order valence-corrected chi connectivity index (χ2v) is 46.5. The highest BCUT2D eigenvalue weighted by atomic mass is 35.5. The molecule has 0 saturated carbocycles. The van der Waals surface area contributed by atoms with Gasteiger partial charge in [0.05, 0.1) is 139 Å². The maximum Gasteiger partial charge on any atom is 0.172 e. The van der Waals surface area contributed by atoms with Crippen LogP contribution in [0.4, 0.5) is 4.39 Å². The molecule has 0 amide bonds. The Morgan fingerprint density at radius 2 is 0.485 bits per heavy atom. The molecule has 0 fully saturated rings. The fraction of sp³-hybridized carbons (Fsp3) is 0.500. The number of hydrogen-bond donors (Lipinski definition) is 0. The van der Waals surface area contributed by atoms with Gasteiger partial charge in [-0.15, -0.1) is 0 Å². The summed E-state index contributed by atoms with van der Waals surface area (Å²) in [6.07, 6.45) is 4.89. The van der Waals surface area contributed by atoms with Crippen LogP contribution in [0.25, 0.3) is 76.3 Å². The molecule has 7 aromatic heterocycles. The number of allylic oxidation sites excluding steroid dienone is 1. The normalized spacial score (nSPS) is 12.4. The van der Waals surface area contributed by atoms with E-state index in [0.29, 0.717) is 51.5 Å². The van der Waals surface area contributed by atoms with Gasteiger partial charge in [0, 0.05) is 106 Å². The van der Waals surface area contributed by atoms with Crippen LogP contribution in [0, 0.1) is 5.92 Å². The number of carbonyl (C=O) groups is 4. The molecule has 14 rings (SSSR count). The van der Waals surface area contributed by atoms with Crippen molar-refractivity contribution in [2.75, 3.05) is 0 Å². The molecule has 26 heteroatoms. The first kappa shape index (κ1) is 112. The van der Waals surface area contributed by atoms with E-state index in [1.165, 1.54) is 51.3 Å². The fourth-order valence-electron chi connectivity index (χ4n) is 17.4. The Morgan fingerprint density at radius 3 is 0.662 bits per heavy atom.